The van der Waals surface area contributed by atoms with Crippen LogP contribution in [0.5, 0.6) is 0 Å². The Balaban J connectivity index is 2.02. The molecule has 0 aliphatic heterocycles. The first-order chi connectivity index (χ1) is 8.83. The Labute approximate surface area is 113 Å². The second kappa shape index (κ2) is 5.33. The Kier molecular flexibility index (Phi) is 3.95. The Morgan fingerprint density at radius 1 is 1.47 bits per heavy atom. The van der Waals surface area contributed by atoms with Crippen molar-refractivity contribution in [1.29, 1.82) is 0 Å². The third kappa shape index (κ3) is 4.06. The molecule has 0 spiro atoms. The number of oxazole rings is 1. The van der Waals surface area contributed by atoms with Crippen molar-refractivity contribution in [3.63, 3.8) is 0 Å². The molecule has 19 heavy (non-hydrogen) atoms. The number of anilines is 1. The minimum absolute atomic E-state index is 0.125. The van der Waals surface area contributed by atoms with Crippen molar-refractivity contribution in [3.8, 4) is 0 Å². The van der Waals surface area contributed by atoms with Gasteiger partial charge in [-0.25, -0.2) is 0 Å². The summed E-state index contributed by atoms with van der Waals surface area (Å²) >= 11 is 5.79. The van der Waals surface area contributed by atoms with Gasteiger partial charge in [-0.05, 0) is 18.2 Å². The number of hydrogen-bond donors (Lipinski definition) is 3. The SMILES string of the molecule is O=S(=O)(O)CC(O)CNc1nc2cc(Cl)ccc2o1. The second-order valence-electron chi connectivity index (χ2n) is 3.91. The zero-order valence-electron chi connectivity index (χ0n) is 9.58. The van der Waals surface area contributed by atoms with E-state index in [1.54, 1.807) is 18.2 Å². The summed E-state index contributed by atoms with van der Waals surface area (Å²) in [6, 6.07) is 5.03. The van der Waals surface area contributed by atoms with Gasteiger partial charge in [0.05, 0.1) is 6.10 Å². The van der Waals surface area contributed by atoms with Crippen molar-refractivity contribution in [1.82, 2.24) is 4.98 Å². The average Bonchev–Trinajstić information content (AvgIpc) is 2.66. The number of hydrogen-bond acceptors (Lipinski definition) is 6. The van der Waals surface area contributed by atoms with E-state index in [9.17, 15) is 13.5 Å². The quantitative estimate of drug-likeness (QED) is 0.710. The van der Waals surface area contributed by atoms with Crippen LogP contribution < -0.4 is 5.32 Å². The van der Waals surface area contributed by atoms with Gasteiger partial charge in [-0.1, -0.05) is 11.6 Å². The molecule has 0 fully saturated rings. The summed E-state index contributed by atoms with van der Waals surface area (Å²) in [4.78, 5) is 4.06. The summed E-state index contributed by atoms with van der Waals surface area (Å²) in [5, 5.41) is 12.5. The predicted octanol–water partition coefficient (Wildman–Crippen LogP) is 1.14. The van der Waals surface area contributed by atoms with Crippen LogP contribution in [0.2, 0.25) is 5.02 Å². The first-order valence-electron chi connectivity index (χ1n) is 5.27. The van der Waals surface area contributed by atoms with Crippen molar-refractivity contribution >= 4 is 38.8 Å². The van der Waals surface area contributed by atoms with Crippen LogP contribution in [0.15, 0.2) is 22.6 Å². The molecular weight excluding hydrogens is 296 g/mol. The Hall–Kier alpha value is -1.35. The van der Waals surface area contributed by atoms with Gasteiger partial charge in [0, 0.05) is 11.6 Å². The molecule has 1 atom stereocenters. The largest absolute Gasteiger partial charge is 0.424 e. The summed E-state index contributed by atoms with van der Waals surface area (Å²) in [7, 11) is -4.22. The van der Waals surface area contributed by atoms with Gasteiger partial charge in [0.2, 0.25) is 0 Å². The van der Waals surface area contributed by atoms with E-state index in [4.69, 9.17) is 20.6 Å². The number of fused-ring (bicyclic) bond motifs is 1. The molecule has 0 saturated carbocycles. The molecule has 0 saturated heterocycles. The van der Waals surface area contributed by atoms with Crippen LogP contribution in [-0.4, -0.2) is 41.5 Å². The average molecular weight is 307 g/mol. The molecule has 2 rings (SSSR count). The molecule has 1 unspecified atom stereocenters. The molecule has 2 aromatic rings. The van der Waals surface area contributed by atoms with Gasteiger partial charge in [-0.15, -0.1) is 0 Å². The number of benzene rings is 1. The smallest absolute Gasteiger partial charge is 0.295 e. The molecule has 0 aliphatic carbocycles. The zero-order valence-corrected chi connectivity index (χ0v) is 11.1. The molecule has 0 aliphatic rings. The summed E-state index contributed by atoms with van der Waals surface area (Å²) in [5.74, 6) is -0.758. The van der Waals surface area contributed by atoms with Gasteiger partial charge < -0.3 is 14.8 Å². The maximum Gasteiger partial charge on any atom is 0.295 e. The Bertz CT molecular complexity index is 684. The first-order valence-corrected chi connectivity index (χ1v) is 7.25. The Morgan fingerprint density at radius 3 is 2.89 bits per heavy atom. The van der Waals surface area contributed by atoms with Crippen LogP contribution >= 0.6 is 11.6 Å². The molecule has 0 radical (unpaired) electrons. The van der Waals surface area contributed by atoms with E-state index in [0.717, 1.165) is 0 Å². The van der Waals surface area contributed by atoms with E-state index >= 15 is 0 Å². The lowest BCUT2D eigenvalue weighted by Gasteiger charge is -2.07. The number of aromatic nitrogens is 1. The standard InChI is InChI=1S/C10H11ClN2O5S/c11-6-1-2-9-8(3-6)13-10(18-9)12-4-7(14)5-19(15,16)17/h1-3,7,14H,4-5H2,(H,12,13)(H,15,16,17). The number of nitrogens with one attached hydrogen (secondary N) is 1. The van der Waals surface area contributed by atoms with Gasteiger partial charge >= 0.3 is 0 Å². The fourth-order valence-electron chi connectivity index (χ4n) is 1.48. The highest BCUT2D eigenvalue weighted by atomic mass is 35.5. The number of halogens is 1. The van der Waals surface area contributed by atoms with Crippen LogP contribution in [-0.2, 0) is 10.1 Å². The summed E-state index contributed by atoms with van der Waals surface area (Å²) in [6.07, 6.45) is -1.27. The van der Waals surface area contributed by atoms with Crippen LogP contribution in [0.3, 0.4) is 0 Å². The third-order valence-corrected chi connectivity index (χ3v) is 3.28. The minimum Gasteiger partial charge on any atom is -0.424 e. The summed E-state index contributed by atoms with van der Waals surface area (Å²) < 4.78 is 35.0. The van der Waals surface area contributed by atoms with Crippen molar-refractivity contribution in [3.05, 3.63) is 23.2 Å². The minimum atomic E-state index is -4.22. The van der Waals surface area contributed by atoms with E-state index in [1.165, 1.54) is 0 Å². The van der Waals surface area contributed by atoms with Gasteiger partial charge in [0.25, 0.3) is 16.1 Å². The van der Waals surface area contributed by atoms with E-state index in [1.807, 2.05) is 0 Å². The molecule has 0 amide bonds. The molecule has 3 N–H and O–H groups in total. The highest BCUT2D eigenvalue weighted by Crippen LogP contribution is 2.22. The number of aliphatic hydroxyl groups is 1. The Morgan fingerprint density at radius 2 is 2.21 bits per heavy atom. The van der Waals surface area contributed by atoms with Crippen molar-refractivity contribution in [2.45, 2.75) is 6.10 Å². The molecule has 1 heterocycles. The van der Waals surface area contributed by atoms with Gasteiger partial charge in [0.15, 0.2) is 5.58 Å². The topological polar surface area (TPSA) is 113 Å². The first kappa shape index (κ1) is 14.1. The summed E-state index contributed by atoms with van der Waals surface area (Å²) in [6.45, 7) is -0.125. The molecule has 7 nitrogen and oxygen atoms in total. The molecular formula is C10H11ClN2O5S. The van der Waals surface area contributed by atoms with E-state index in [-0.39, 0.29) is 12.6 Å². The molecule has 104 valence electrons. The fourth-order valence-corrected chi connectivity index (χ4v) is 2.25. The van der Waals surface area contributed by atoms with Crippen LogP contribution in [0.4, 0.5) is 6.01 Å². The van der Waals surface area contributed by atoms with Gasteiger partial charge in [0.1, 0.15) is 11.3 Å². The zero-order chi connectivity index (χ0) is 14.0. The van der Waals surface area contributed by atoms with Gasteiger partial charge in [-0.3, -0.25) is 4.55 Å². The molecule has 1 aromatic carbocycles. The predicted molar refractivity (Wildman–Crippen MR) is 69.9 cm³/mol. The third-order valence-electron chi connectivity index (χ3n) is 2.24. The summed E-state index contributed by atoms with van der Waals surface area (Å²) in [5.41, 5.74) is 1.05. The lowest BCUT2D eigenvalue weighted by atomic mass is 10.3. The lowest BCUT2D eigenvalue weighted by Crippen LogP contribution is -2.27. The highest BCUT2D eigenvalue weighted by molar-refractivity contribution is 7.85. The maximum atomic E-state index is 10.5. The van der Waals surface area contributed by atoms with Crippen LogP contribution in [0.1, 0.15) is 0 Å². The van der Waals surface area contributed by atoms with Gasteiger partial charge in [-0.2, -0.15) is 13.4 Å². The maximum absolute atomic E-state index is 10.5. The van der Waals surface area contributed by atoms with E-state index in [0.29, 0.717) is 16.1 Å². The number of aliphatic hydroxyl groups excluding tert-OH is 1. The van der Waals surface area contributed by atoms with Crippen molar-refractivity contribution < 1.29 is 22.5 Å². The normalized spacial score (nSPS) is 13.6. The van der Waals surface area contributed by atoms with Crippen molar-refractivity contribution in [2.75, 3.05) is 17.6 Å². The number of nitrogens with zero attached hydrogens (tertiary/aromatic N) is 1. The lowest BCUT2D eigenvalue weighted by molar-refractivity contribution is 0.207. The van der Waals surface area contributed by atoms with E-state index < -0.39 is 22.0 Å². The van der Waals surface area contributed by atoms with Crippen LogP contribution in [0, 0.1) is 0 Å². The molecule has 0 bridgehead atoms. The fraction of sp³-hybridized carbons (Fsp3) is 0.300. The molecule has 9 heteroatoms. The second-order valence-corrected chi connectivity index (χ2v) is 5.85. The van der Waals surface area contributed by atoms with Crippen LogP contribution in [0.25, 0.3) is 11.1 Å². The monoisotopic (exact) mass is 306 g/mol. The number of rotatable bonds is 5. The van der Waals surface area contributed by atoms with E-state index in [2.05, 4.69) is 10.3 Å². The molecule has 1 aromatic heterocycles. The highest BCUT2D eigenvalue weighted by Gasteiger charge is 2.15. The van der Waals surface area contributed by atoms with Crippen molar-refractivity contribution in [2.24, 2.45) is 0 Å².